The molecule has 0 aromatic carbocycles. The van der Waals surface area contributed by atoms with E-state index in [4.69, 9.17) is 0 Å². The van der Waals surface area contributed by atoms with Crippen LogP contribution in [-0.2, 0) is 6.54 Å². The molecular weight excluding hydrogens is 256 g/mol. The van der Waals surface area contributed by atoms with Crippen LogP contribution in [0.2, 0.25) is 0 Å². The van der Waals surface area contributed by atoms with Crippen LogP contribution in [0.4, 0.5) is 11.8 Å². The van der Waals surface area contributed by atoms with Crippen LogP contribution in [0.3, 0.4) is 0 Å². The summed E-state index contributed by atoms with van der Waals surface area (Å²) < 4.78 is 0. The fourth-order valence-corrected chi connectivity index (χ4v) is 2.59. The van der Waals surface area contributed by atoms with Crippen molar-refractivity contribution in [3.8, 4) is 0 Å². The van der Waals surface area contributed by atoms with Gasteiger partial charge in [-0.25, -0.2) is 4.98 Å². The summed E-state index contributed by atoms with van der Waals surface area (Å²) in [5, 5.41) is 10.9. The van der Waals surface area contributed by atoms with Gasteiger partial charge in [0.1, 0.15) is 5.82 Å². The number of aryl methyl sites for hydroxylation is 2. The SMILES string of the molecule is CCCNc1nc(C)cc(NCc2cscc2C)n1. The molecule has 0 aliphatic carbocycles. The summed E-state index contributed by atoms with van der Waals surface area (Å²) in [6.07, 6.45) is 1.06. The first-order chi connectivity index (χ1) is 9.19. The normalized spacial score (nSPS) is 10.5. The predicted molar refractivity (Wildman–Crippen MR) is 81.9 cm³/mol. The van der Waals surface area contributed by atoms with Crippen molar-refractivity contribution in [1.29, 1.82) is 0 Å². The van der Waals surface area contributed by atoms with E-state index in [1.807, 2.05) is 13.0 Å². The first kappa shape index (κ1) is 13.8. The van der Waals surface area contributed by atoms with Gasteiger partial charge in [-0.15, -0.1) is 0 Å². The van der Waals surface area contributed by atoms with Gasteiger partial charge in [-0.2, -0.15) is 16.3 Å². The standard InChI is InChI=1S/C14H20N4S/c1-4-5-15-14-17-11(3)6-13(18-14)16-7-12-9-19-8-10(12)2/h6,8-9H,4-5,7H2,1-3H3,(H2,15,16,17,18). The lowest BCUT2D eigenvalue weighted by Gasteiger charge is -2.09. The van der Waals surface area contributed by atoms with Crippen molar-refractivity contribution < 1.29 is 0 Å². The molecule has 2 aromatic rings. The lowest BCUT2D eigenvalue weighted by molar-refractivity contribution is 0.943. The van der Waals surface area contributed by atoms with Crippen LogP contribution in [0.25, 0.3) is 0 Å². The van der Waals surface area contributed by atoms with Crippen molar-refractivity contribution in [3.63, 3.8) is 0 Å². The van der Waals surface area contributed by atoms with Crippen molar-refractivity contribution in [2.75, 3.05) is 17.2 Å². The van der Waals surface area contributed by atoms with Crippen molar-refractivity contribution in [3.05, 3.63) is 33.6 Å². The summed E-state index contributed by atoms with van der Waals surface area (Å²) in [5.74, 6) is 1.57. The highest BCUT2D eigenvalue weighted by Crippen LogP contribution is 2.16. The maximum absolute atomic E-state index is 4.47. The Morgan fingerprint density at radius 1 is 1.16 bits per heavy atom. The van der Waals surface area contributed by atoms with Crippen LogP contribution in [0.1, 0.15) is 30.2 Å². The molecule has 0 radical (unpaired) electrons. The molecule has 0 atom stereocenters. The van der Waals surface area contributed by atoms with E-state index in [9.17, 15) is 0 Å². The predicted octanol–water partition coefficient (Wildman–Crippen LogP) is 3.59. The number of hydrogen-bond donors (Lipinski definition) is 2. The van der Waals surface area contributed by atoms with Gasteiger partial charge in [0.15, 0.2) is 0 Å². The molecule has 0 saturated heterocycles. The minimum absolute atomic E-state index is 0.700. The molecule has 0 bridgehead atoms. The largest absolute Gasteiger partial charge is 0.366 e. The number of hydrogen-bond acceptors (Lipinski definition) is 5. The Kier molecular flexibility index (Phi) is 4.74. The Hall–Kier alpha value is -1.62. The summed E-state index contributed by atoms with van der Waals surface area (Å²) in [5.41, 5.74) is 3.62. The van der Waals surface area contributed by atoms with E-state index in [1.54, 1.807) is 11.3 Å². The first-order valence-corrected chi connectivity index (χ1v) is 7.48. The smallest absolute Gasteiger partial charge is 0.224 e. The Labute approximate surface area is 118 Å². The van der Waals surface area contributed by atoms with Crippen LogP contribution >= 0.6 is 11.3 Å². The monoisotopic (exact) mass is 276 g/mol. The quantitative estimate of drug-likeness (QED) is 0.846. The van der Waals surface area contributed by atoms with Crippen molar-refractivity contribution in [2.24, 2.45) is 0 Å². The number of anilines is 2. The number of nitrogens with zero attached hydrogens (tertiary/aromatic N) is 2. The van der Waals surface area contributed by atoms with Gasteiger partial charge in [0.2, 0.25) is 5.95 Å². The van der Waals surface area contributed by atoms with E-state index in [0.717, 1.165) is 31.0 Å². The highest BCUT2D eigenvalue weighted by molar-refractivity contribution is 7.08. The molecule has 0 amide bonds. The maximum Gasteiger partial charge on any atom is 0.224 e. The third-order valence-electron chi connectivity index (χ3n) is 2.81. The summed E-state index contributed by atoms with van der Waals surface area (Å²) >= 11 is 1.73. The van der Waals surface area contributed by atoms with E-state index in [2.05, 4.69) is 45.2 Å². The lowest BCUT2D eigenvalue weighted by atomic mass is 10.2. The summed E-state index contributed by atoms with van der Waals surface area (Å²) in [7, 11) is 0. The minimum Gasteiger partial charge on any atom is -0.366 e. The van der Waals surface area contributed by atoms with E-state index in [-0.39, 0.29) is 0 Å². The third kappa shape index (κ3) is 3.92. The average Bonchev–Trinajstić information content (AvgIpc) is 2.79. The molecule has 102 valence electrons. The molecule has 0 aliphatic rings. The molecular formula is C14H20N4S. The summed E-state index contributed by atoms with van der Waals surface area (Å²) in [6.45, 7) is 7.94. The number of thiophene rings is 1. The van der Waals surface area contributed by atoms with Crippen molar-refractivity contribution >= 4 is 23.1 Å². The maximum atomic E-state index is 4.47. The molecule has 0 saturated carbocycles. The lowest BCUT2D eigenvalue weighted by Crippen LogP contribution is -2.08. The molecule has 0 unspecified atom stereocenters. The minimum atomic E-state index is 0.700. The number of nitrogens with one attached hydrogen (secondary N) is 2. The van der Waals surface area contributed by atoms with Crippen LogP contribution < -0.4 is 10.6 Å². The van der Waals surface area contributed by atoms with Gasteiger partial charge >= 0.3 is 0 Å². The number of aromatic nitrogens is 2. The molecule has 2 rings (SSSR count). The molecule has 4 nitrogen and oxygen atoms in total. The Bertz CT molecular complexity index is 536. The van der Waals surface area contributed by atoms with Gasteiger partial charge in [-0.05, 0) is 42.2 Å². The topological polar surface area (TPSA) is 49.8 Å². The highest BCUT2D eigenvalue weighted by Gasteiger charge is 2.03. The van der Waals surface area contributed by atoms with Crippen LogP contribution in [-0.4, -0.2) is 16.5 Å². The summed E-state index contributed by atoms with van der Waals surface area (Å²) in [4.78, 5) is 8.84. The first-order valence-electron chi connectivity index (χ1n) is 6.54. The van der Waals surface area contributed by atoms with Crippen molar-refractivity contribution in [2.45, 2.75) is 33.7 Å². The fourth-order valence-electron chi connectivity index (χ4n) is 1.73. The molecule has 0 spiro atoms. The van der Waals surface area contributed by atoms with E-state index < -0.39 is 0 Å². The van der Waals surface area contributed by atoms with Gasteiger partial charge in [-0.1, -0.05) is 6.92 Å². The third-order valence-corrected chi connectivity index (χ3v) is 3.72. The Balaban J connectivity index is 2.03. The van der Waals surface area contributed by atoms with Crippen LogP contribution in [0.15, 0.2) is 16.8 Å². The second kappa shape index (κ2) is 6.52. The molecule has 2 N–H and O–H groups in total. The summed E-state index contributed by atoms with van der Waals surface area (Å²) in [6, 6.07) is 1.97. The molecule has 2 aromatic heterocycles. The zero-order valence-electron chi connectivity index (χ0n) is 11.7. The van der Waals surface area contributed by atoms with E-state index in [1.165, 1.54) is 11.1 Å². The van der Waals surface area contributed by atoms with Gasteiger partial charge in [-0.3, -0.25) is 0 Å². The van der Waals surface area contributed by atoms with Gasteiger partial charge in [0.25, 0.3) is 0 Å². The fraction of sp³-hybridized carbons (Fsp3) is 0.429. The molecule has 0 aliphatic heterocycles. The van der Waals surface area contributed by atoms with Crippen LogP contribution in [0, 0.1) is 13.8 Å². The molecule has 5 heteroatoms. The van der Waals surface area contributed by atoms with Gasteiger partial charge in [0.05, 0.1) is 0 Å². The van der Waals surface area contributed by atoms with Gasteiger partial charge in [0, 0.05) is 24.8 Å². The highest BCUT2D eigenvalue weighted by atomic mass is 32.1. The Morgan fingerprint density at radius 3 is 2.68 bits per heavy atom. The van der Waals surface area contributed by atoms with Gasteiger partial charge < -0.3 is 10.6 Å². The van der Waals surface area contributed by atoms with E-state index >= 15 is 0 Å². The Morgan fingerprint density at radius 2 is 2.00 bits per heavy atom. The zero-order valence-corrected chi connectivity index (χ0v) is 12.5. The van der Waals surface area contributed by atoms with E-state index in [0.29, 0.717) is 5.95 Å². The molecule has 2 heterocycles. The zero-order chi connectivity index (χ0) is 13.7. The second-order valence-corrected chi connectivity index (χ2v) is 5.32. The number of rotatable bonds is 6. The molecule has 19 heavy (non-hydrogen) atoms. The van der Waals surface area contributed by atoms with Crippen LogP contribution in [0.5, 0.6) is 0 Å². The second-order valence-electron chi connectivity index (χ2n) is 4.58. The average molecular weight is 276 g/mol. The van der Waals surface area contributed by atoms with Crippen molar-refractivity contribution in [1.82, 2.24) is 9.97 Å². The molecule has 0 fully saturated rings.